The molecule has 1 spiro atoms. The molecule has 3 aliphatic rings. The van der Waals surface area contributed by atoms with Gasteiger partial charge in [-0.1, -0.05) is 51.5 Å². The second-order valence-electron chi connectivity index (χ2n) is 9.10. The summed E-state index contributed by atoms with van der Waals surface area (Å²) in [5, 5.41) is 3.54. The number of carbonyl (C=O) groups excluding carboxylic acids is 3. The first-order valence-electron chi connectivity index (χ1n) is 11.0. The molecule has 160 valence electrons. The molecule has 4 rings (SSSR count). The lowest BCUT2D eigenvalue weighted by molar-refractivity contribution is -0.143. The van der Waals surface area contributed by atoms with E-state index in [1.807, 2.05) is 31.2 Å². The third-order valence-corrected chi connectivity index (χ3v) is 6.73. The second-order valence-corrected chi connectivity index (χ2v) is 9.10. The highest BCUT2D eigenvalue weighted by Gasteiger charge is 2.71. The van der Waals surface area contributed by atoms with Crippen molar-refractivity contribution in [2.24, 2.45) is 17.8 Å². The highest BCUT2D eigenvalue weighted by atomic mass is 16.2. The Kier molecular flexibility index (Phi) is 5.30. The van der Waals surface area contributed by atoms with Gasteiger partial charge in [0, 0.05) is 30.4 Å². The number of amides is 3. The molecule has 1 N–H and O–H groups in total. The minimum absolute atomic E-state index is 0.124. The Balaban J connectivity index is 1.85. The van der Waals surface area contributed by atoms with E-state index in [1.54, 1.807) is 11.0 Å². The monoisotopic (exact) mass is 409 g/mol. The molecule has 4 atom stereocenters. The zero-order chi connectivity index (χ0) is 21.6. The molecule has 1 aromatic rings. The minimum Gasteiger partial charge on any atom is -0.306 e. The normalized spacial score (nSPS) is 30.0. The van der Waals surface area contributed by atoms with Gasteiger partial charge in [0.1, 0.15) is 5.54 Å². The fourth-order valence-electron chi connectivity index (χ4n) is 5.56. The average molecular weight is 410 g/mol. The molecule has 1 aromatic carbocycles. The van der Waals surface area contributed by atoms with Crippen molar-refractivity contribution < 1.29 is 14.4 Å². The molecular formula is C24H31N3O3. The van der Waals surface area contributed by atoms with Crippen LogP contribution in [0.3, 0.4) is 0 Å². The van der Waals surface area contributed by atoms with E-state index in [0.29, 0.717) is 19.0 Å². The Bertz CT molecular complexity index is 895. The molecule has 2 saturated heterocycles. The number of nitrogens with one attached hydrogen (secondary N) is 1. The van der Waals surface area contributed by atoms with E-state index in [9.17, 15) is 14.4 Å². The highest BCUT2D eigenvalue weighted by Crippen LogP contribution is 2.55. The molecule has 3 amide bonds. The Morgan fingerprint density at radius 3 is 2.57 bits per heavy atom. The summed E-state index contributed by atoms with van der Waals surface area (Å²) in [7, 11) is 0. The maximum absolute atomic E-state index is 13.9. The van der Waals surface area contributed by atoms with Crippen molar-refractivity contribution in [2.45, 2.75) is 51.6 Å². The van der Waals surface area contributed by atoms with Crippen LogP contribution in [-0.2, 0) is 19.9 Å². The van der Waals surface area contributed by atoms with Gasteiger partial charge < -0.3 is 4.90 Å². The van der Waals surface area contributed by atoms with Crippen molar-refractivity contribution in [1.82, 2.24) is 10.2 Å². The van der Waals surface area contributed by atoms with E-state index in [4.69, 9.17) is 0 Å². The zero-order valence-corrected chi connectivity index (χ0v) is 18.1. The van der Waals surface area contributed by atoms with Crippen molar-refractivity contribution in [1.29, 1.82) is 0 Å². The zero-order valence-electron chi connectivity index (χ0n) is 18.1. The maximum Gasteiger partial charge on any atom is 0.253 e. The third-order valence-electron chi connectivity index (χ3n) is 6.73. The van der Waals surface area contributed by atoms with Crippen molar-refractivity contribution >= 4 is 23.4 Å². The number of hydrogen-bond donors (Lipinski definition) is 1. The number of nitrogens with zero attached hydrogens (tertiary/aromatic N) is 2. The van der Waals surface area contributed by atoms with Gasteiger partial charge in [-0.15, -0.1) is 6.58 Å². The fourth-order valence-corrected chi connectivity index (χ4v) is 5.56. The lowest BCUT2D eigenvalue weighted by Crippen LogP contribution is -2.55. The van der Waals surface area contributed by atoms with Crippen LogP contribution in [0.15, 0.2) is 36.9 Å². The van der Waals surface area contributed by atoms with Gasteiger partial charge in [-0.05, 0) is 24.8 Å². The van der Waals surface area contributed by atoms with E-state index < -0.39 is 17.4 Å². The molecular weight excluding hydrogens is 378 g/mol. The molecule has 0 unspecified atom stereocenters. The average Bonchev–Trinajstić information content (AvgIpc) is 3.26. The summed E-state index contributed by atoms with van der Waals surface area (Å²) in [6.45, 7) is 10.8. The van der Waals surface area contributed by atoms with Gasteiger partial charge in [-0.2, -0.15) is 0 Å². The molecule has 30 heavy (non-hydrogen) atoms. The van der Waals surface area contributed by atoms with Crippen LogP contribution in [0.25, 0.3) is 0 Å². The molecule has 2 fully saturated rings. The summed E-state index contributed by atoms with van der Waals surface area (Å²) in [5.41, 5.74) is 0.417. The SMILES string of the molecule is C=CCN1C(=O)[C@@]2(N[C@H](CC(C)C)[C@H]3C(=O)N(CCCC)C(=O)[C@H]32)c2ccccc21. The predicted octanol–water partition coefficient (Wildman–Crippen LogP) is 2.83. The molecule has 0 saturated carbocycles. The third kappa shape index (κ3) is 2.77. The summed E-state index contributed by atoms with van der Waals surface area (Å²) in [6.07, 6.45) is 4.11. The van der Waals surface area contributed by atoms with Gasteiger partial charge in [-0.25, -0.2) is 0 Å². The van der Waals surface area contributed by atoms with E-state index in [-0.39, 0.29) is 23.8 Å². The number of likely N-dealkylation sites (tertiary alicyclic amines) is 1. The Morgan fingerprint density at radius 1 is 1.17 bits per heavy atom. The fraction of sp³-hybridized carbons (Fsp3) is 0.542. The van der Waals surface area contributed by atoms with E-state index in [1.165, 1.54) is 4.90 Å². The van der Waals surface area contributed by atoms with Crippen LogP contribution < -0.4 is 10.2 Å². The predicted molar refractivity (Wildman–Crippen MR) is 116 cm³/mol. The van der Waals surface area contributed by atoms with Crippen molar-refractivity contribution in [2.75, 3.05) is 18.0 Å². The number of benzene rings is 1. The number of rotatable bonds is 7. The maximum atomic E-state index is 13.9. The number of imide groups is 1. The van der Waals surface area contributed by atoms with Crippen LogP contribution in [0.1, 0.15) is 45.6 Å². The number of carbonyl (C=O) groups is 3. The number of hydrogen-bond acceptors (Lipinski definition) is 4. The van der Waals surface area contributed by atoms with Gasteiger partial charge in [0.15, 0.2) is 0 Å². The van der Waals surface area contributed by atoms with Gasteiger partial charge in [-0.3, -0.25) is 24.6 Å². The van der Waals surface area contributed by atoms with Crippen LogP contribution in [0.2, 0.25) is 0 Å². The molecule has 3 heterocycles. The van der Waals surface area contributed by atoms with Crippen LogP contribution in [0, 0.1) is 17.8 Å². The highest BCUT2D eigenvalue weighted by molar-refractivity contribution is 6.16. The summed E-state index contributed by atoms with van der Waals surface area (Å²) in [6, 6.07) is 7.42. The van der Waals surface area contributed by atoms with E-state index in [0.717, 1.165) is 30.5 Å². The standard InChI is InChI=1S/C24H31N3O3/c1-5-7-13-27-21(28)19-17(14-15(3)4)25-24(20(19)22(27)29)16-10-8-9-11-18(16)26(12-6-2)23(24)30/h6,8-11,15,17,19-20,25H,2,5,7,12-14H2,1,3-4H3/t17-,19-,20+,24-/m1/s1. The number of fused-ring (bicyclic) bond motifs is 4. The molecule has 6 nitrogen and oxygen atoms in total. The first kappa shape index (κ1) is 20.8. The van der Waals surface area contributed by atoms with Crippen molar-refractivity contribution in [3.05, 3.63) is 42.5 Å². The van der Waals surface area contributed by atoms with Crippen LogP contribution in [-0.4, -0.2) is 41.8 Å². The Morgan fingerprint density at radius 2 is 1.90 bits per heavy atom. The number of para-hydroxylation sites is 1. The first-order valence-corrected chi connectivity index (χ1v) is 11.0. The number of anilines is 1. The smallest absolute Gasteiger partial charge is 0.253 e. The van der Waals surface area contributed by atoms with Crippen LogP contribution in [0.4, 0.5) is 5.69 Å². The molecule has 3 aliphatic heterocycles. The molecule has 0 bridgehead atoms. The summed E-state index contributed by atoms with van der Waals surface area (Å²) in [5.74, 6) is -1.35. The summed E-state index contributed by atoms with van der Waals surface area (Å²) < 4.78 is 0. The molecule has 6 heteroatoms. The van der Waals surface area contributed by atoms with E-state index in [2.05, 4.69) is 25.7 Å². The Hall–Kier alpha value is -2.47. The molecule has 0 radical (unpaired) electrons. The van der Waals surface area contributed by atoms with Crippen molar-refractivity contribution in [3.63, 3.8) is 0 Å². The quantitative estimate of drug-likeness (QED) is 0.555. The lowest BCUT2D eigenvalue weighted by atomic mass is 9.76. The summed E-state index contributed by atoms with van der Waals surface area (Å²) in [4.78, 5) is 43.9. The summed E-state index contributed by atoms with van der Waals surface area (Å²) >= 11 is 0. The van der Waals surface area contributed by atoms with Gasteiger partial charge in [0.25, 0.3) is 5.91 Å². The largest absolute Gasteiger partial charge is 0.306 e. The topological polar surface area (TPSA) is 69.7 Å². The molecule has 0 aromatic heterocycles. The first-order chi connectivity index (χ1) is 14.4. The van der Waals surface area contributed by atoms with Gasteiger partial charge in [0.05, 0.1) is 11.8 Å². The van der Waals surface area contributed by atoms with Gasteiger partial charge in [0.2, 0.25) is 11.8 Å². The van der Waals surface area contributed by atoms with Crippen molar-refractivity contribution in [3.8, 4) is 0 Å². The van der Waals surface area contributed by atoms with Crippen LogP contribution in [0.5, 0.6) is 0 Å². The number of unbranched alkanes of at least 4 members (excludes halogenated alkanes) is 1. The second kappa shape index (κ2) is 7.65. The molecule has 0 aliphatic carbocycles. The van der Waals surface area contributed by atoms with E-state index >= 15 is 0 Å². The Labute approximate surface area is 178 Å². The lowest BCUT2D eigenvalue weighted by Gasteiger charge is -2.30. The van der Waals surface area contributed by atoms with Crippen LogP contribution >= 0.6 is 0 Å². The van der Waals surface area contributed by atoms with Gasteiger partial charge >= 0.3 is 0 Å². The minimum atomic E-state index is -1.18.